The number of hydrogen-bond donors (Lipinski definition) is 0. The van der Waals surface area contributed by atoms with Crippen LogP contribution in [0.2, 0.25) is 0 Å². The monoisotopic (exact) mass is 155 g/mol. The Labute approximate surface area is 66.9 Å². The zero-order valence-corrected chi connectivity index (χ0v) is 6.75. The predicted molar refractivity (Wildman–Crippen MR) is 39.8 cm³/mol. The van der Waals surface area contributed by atoms with Crippen molar-refractivity contribution in [1.29, 1.82) is 5.26 Å². The number of hydrogen-bond acceptors (Lipinski definition) is 3. The van der Waals surface area contributed by atoms with Gasteiger partial charge in [0.25, 0.3) is 0 Å². The van der Waals surface area contributed by atoms with E-state index < -0.39 is 0 Å². The number of rotatable bonds is 2. The number of nitrogens with zero attached hydrogens (tertiary/aromatic N) is 1. The van der Waals surface area contributed by atoms with Crippen LogP contribution in [0, 0.1) is 11.3 Å². The second-order valence-corrected chi connectivity index (χ2v) is 2.70. The van der Waals surface area contributed by atoms with Crippen molar-refractivity contribution >= 4 is 0 Å². The van der Waals surface area contributed by atoms with E-state index in [1.165, 1.54) is 0 Å². The molecule has 62 valence electrons. The fraction of sp³-hybridized carbons (Fsp3) is 0.875. The largest absolute Gasteiger partial charge is 0.353 e. The summed E-state index contributed by atoms with van der Waals surface area (Å²) in [6.45, 7) is 2.50. The van der Waals surface area contributed by atoms with Crippen molar-refractivity contribution in [3.8, 4) is 6.07 Å². The van der Waals surface area contributed by atoms with Crippen molar-refractivity contribution in [2.24, 2.45) is 0 Å². The average Bonchev–Trinajstić information content (AvgIpc) is 2.06. The van der Waals surface area contributed by atoms with Crippen LogP contribution in [-0.2, 0) is 9.47 Å². The first kappa shape index (κ1) is 8.51. The second-order valence-electron chi connectivity index (χ2n) is 2.70. The van der Waals surface area contributed by atoms with E-state index in [2.05, 4.69) is 0 Å². The molecule has 0 N–H and O–H groups in total. The maximum atomic E-state index is 8.43. The van der Waals surface area contributed by atoms with Crippen molar-refractivity contribution in [3.63, 3.8) is 0 Å². The van der Waals surface area contributed by atoms with Gasteiger partial charge in [-0.25, -0.2) is 0 Å². The van der Waals surface area contributed by atoms with Gasteiger partial charge in [-0.2, -0.15) is 5.26 Å². The molecule has 1 rings (SSSR count). The lowest BCUT2D eigenvalue weighted by atomic mass is 10.2. The third-order valence-corrected chi connectivity index (χ3v) is 1.68. The molecule has 0 spiro atoms. The molecule has 1 aliphatic rings. The van der Waals surface area contributed by atoms with E-state index in [0.717, 1.165) is 25.9 Å². The van der Waals surface area contributed by atoms with Gasteiger partial charge in [-0.3, -0.25) is 0 Å². The van der Waals surface area contributed by atoms with Crippen LogP contribution in [-0.4, -0.2) is 19.0 Å². The third-order valence-electron chi connectivity index (χ3n) is 1.68. The van der Waals surface area contributed by atoms with E-state index in [1.54, 1.807) is 6.92 Å². The Bertz CT molecular complexity index is 147. The Kier molecular flexibility index (Phi) is 3.34. The molecule has 2 atom stereocenters. The summed E-state index contributed by atoms with van der Waals surface area (Å²) in [5.41, 5.74) is 0. The van der Waals surface area contributed by atoms with E-state index >= 15 is 0 Å². The summed E-state index contributed by atoms with van der Waals surface area (Å²) in [7, 11) is 0. The smallest absolute Gasteiger partial charge is 0.159 e. The lowest BCUT2D eigenvalue weighted by Crippen LogP contribution is -2.25. The minimum atomic E-state index is -0.349. The van der Waals surface area contributed by atoms with Crippen LogP contribution in [0.15, 0.2) is 0 Å². The molecule has 0 saturated carbocycles. The highest BCUT2D eigenvalue weighted by Crippen LogP contribution is 2.14. The highest BCUT2D eigenvalue weighted by atomic mass is 16.7. The summed E-state index contributed by atoms with van der Waals surface area (Å²) in [6.07, 6.45) is 2.69. The van der Waals surface area contributed by atoms with Crippen LogP contribution in [0.1, 0.15) is 26.2 Å². The molecular formula is C8H13NO2. The molecular weight excluding hydrogens is 142 g/mol. The lowest BCUT2D eigenvalue weighted by Gasteiger charge is -2.23. The predicted octanol–water partition coefficient (Wildman–Crippen LogP) is 1.44. The highest BCUT2D eigenvalue weighted by molar-refractivity contribution is 4.79. The quantitative estimate of drug-likeness (QED) is 0.606. The van der Waals surface area contributed by atoms with Crippen LogP contribution in [0.5, 0.6) is 0 Å². The maximum absolute atomic E-state index is 8.43. The van der Waals surface area contributed by atoms with Gasteiger partial charge in [-0.1, -0.05) is 0 Å². The van der Waals surface area contributed by atoms with Gasteiger partial charge in [0.1, 0.15) is 6.10 Å². The Morgan fingerprint density at radius 1 is 1.64 bits per heavy atom. The van der Waals surface area contributed by atoms with E-state index in [9.17, 15) is 0 Å². The van der Waals surface area contributed by atoms with E-state index in [0.29, 0.717) is 0 Å². The Balaban J connectivity index is 2.20. The lowest BCUT2D eigenvalue weighted by molar-refractivity contribution is -0.173. The van der Waals surface area contributed by atoms with Crippen LogP contribution in [0.4, 0.5) is 0 Å². The van der Waals surface area contributed by atoms with Crippen molar-refractivity contribution in [2.45, 2.75) is 38.6 Å². The minimum absolute atomic E-state index is 0.140. The Hall–Kier alpha value is -0.590. The summed E-state index contributed by atoms with van der Waals surface area (Å²) in [5.74, 6) is 0. The molecule has 1 heterocycles. The van der Waals surface area contributed by atoms with Gasteiger partial charge in [0.2, 0.25) is 0 Å². The molecule has 0 radical (unpaired) electrons. The Morgan fingerprint density at radius 2 is 2.45 bits per heavy atom. The molecule has 3 heteroatoms. The first-order valence-electron chi connectivity index (χ1n) is 3.99. The molecule has 3 nitrogen and oxygen atoms in total. The molecule has 0 unspecified atom stereocenters. The maximum Gasteiger partial charge on any atom is 0.159 e. The van der Waals surface area contributed by atoms with Crippen LogP contribution >= 0.6 is 0 Å². The summed E-state index contributed by atoms with van der Waals surface area (Å²) in [6, 6.07) is 2.01. The fourth-order valence-electron chi connectivity index (χ4n) is 1.08. The highest BCUT2D eigenvalue weighted by Gasteiger charge is 2.16. The first-order chi connectivity index (χ1) is 5.33. The first-order valence-corrected chi connectivity index (χ1v) is 3.99. The molecule has 1 fully saturated rings. The average molecular weight is 155 g/mol. The molecule has 0 bridgehead atoms. The van der Waals surface area contributed by atoms with Crippen LogP contribution in [0.3, 0.4) is 0 Å². The van der Waals surface area contributed by atoms with Gasteiger partial charge in [0, 0.05) is 6.61 Å². The number of nitriles is 1. The molecule has 1 aliphatic heterocycles. The zero-order valence-electron chi connectivity index (χ0n) is 6.75. The van der Waals surface area contributed by atoms with Crippen molar-refractivity contribution in [1.82, 2.24) is 0 Å². The van der Waals surface area contributed by atoms with E-state index in [1.807, 2.05) is 6.07 Å². The standard InChI is InChI=1S/C8H13NO2/c1-7(6-9)11-8-4-2-3-5-10-8/h7-8H,2-5H2,1H3/t7-,8-/m1/s1. The molecule has 1 saturated heterocycles. The minimum Gasteiger partial charge on any atom is -0.353 e. The summed E-state index contributed by atoms with van der Waals surface area (Å²) >= 11 is 0. The zero-order chi connectivity index (χ0) is 8.10. The normalized spacial score (nSPS) is 27.5. The molecule has 11 heavy (non-hydrogen) atoms. The van der Waals surface area contributed by atoms with Gasteiger partial charge in [0.05, 0.1) is 6.07 Å². The third kappa shape index (κ3) is 2.87. The topological polar surface area (TPSA) is 42.2 Å². The molecule has 0 aromatic carbocycles. The van der Waals surface area contributed by atoms with Crippen molar-refractivity contribution in [3.05, 3.63) is 0 Å². The molecule has 0 aliphatic carbocycles. The van der Waals surface area contributed by atoms with Gasteiger partial charge < -0.3 is 9.47 Å². The van der Waals surface area contributed by atoms with Crippen LogP contribution < -0.4 is 0 Å². The molecule has 0 aromatic rings. The van der Waals surface area contributed by atoms with Gasteiger partial charge in [0.15, 0.2) is 6.29 Å². The summed E-state index contributed by atoms with van der Waals surface area (Å²) < 4.78 is 10.5. The molecule has 0 amide bonds. The second kappa shape index (κ2) is 4.32. The summed E-state index contributed by atoms with van der Waals surface area (Å²) in [4.78, 5) is 0. The van der Waals surface area contributed by atoms with Crippen molar-refractivity contribution < 1.29 is 9.47 Å². The number of ether oxygens (including phenoxy) is 2. The SMILES string of the molecule is C[C@H](C#N)O[C@@H]1CCCCO1. The van der Waals surface area contributed by atoms with Crippen molar-refractivity contribution in [2.75, 3.05) is 6.61 Å². The van der Waals surface area contributed by atoms with Gasteiger partial charge in [-0.15, -0.1) is 0 Å². The van der Waals surface area contributed by atoms with E-state index in [-0.39, 0.29) is 12.4 Å². The van der Waals surface area contributed by atoms with Gasteiger partial charge >= 0.3 is 0 Å². The van der Waals surface area contributed by atoms with E-state index in [4.69, 9.17) is 14.7 Å². The summed E-state index contributed by atoms with van der Waals surface area (Å²) in [5, 5.41) is 8.43. The van der Waals surface area contributed by atoms with Gasteiger partial charge in [-0.05, 0) is 26.2 Å². The fourth-order valence-corrected chi connectivity index (χ4v) is 1.08. The Morgan fingerprint density at radius 3 is 3.00 bits per heavy atom. The molecule has 0 aromatic heterocycles. The van der Waals surface area contributed by atoms with Crippen LogP contribution in [0.25, 0.3) is 0 Å².